The highest BCUT2D eigenvalue weighted by molar-refractivity contribution is 5.73. The Morgan fingerprint density at radius 3 is 2.18 bits per heavy atom. The van der Waals surface area contributed by atoms with E-state index < -0.39 is 23.6 Å². The van der Waals surface area contributed by atoms with Crippen molar-refractivity contribution in [3.05, 3.63) is 0 Å². The first-order valence-electron chi connectivity index (χ1n) is 3.52. The van der Waals surface area contributed by atoms with Gasteiger partial charge in [-0.2, -0.15) is 0 Å². The van der Waals surface area contributed by atoms with Crippen LogP contribution in [-0.2, 0) is 4.79 Å². The van der Waals surface area contributed by atoms with E-state index in [-0.39, 0.29) is 5.92 Å². The highest BCUT2D eigenvalue weighted by Crippen LogP contribution is 2.43. The molecule has 0 heterocycles. The number of carboxylic acid groups (broad SMARTS) is 1. The third-order valence-electron chi connectivity index (χ3n) is 2.52. The average Bonchev–Trinajstić information content (AvgIpc) is 1.85. The second-order valence-electron chi connectivity index (χ2n) is 3.35. The minimum atomic E-state index is -1.45. The van der Waals surface area contributed by atoms with E-state index >= 15 is 0 Å². The molecule has 11 heavy (non-hydrogen) atoms. The molecule has 0 aromatic carbocycles. The second-order valence-corrected chi connectivity index (χ2v) is 3.35. The van der Waals surface area contributed by atoms with Gasteiger partial charge in [-0.25, -0.2) is 0 Å². The van der Waals surface area contributed by atoms with E-state index in [0.29, 0.717) is 0 Å². The van der Waals surface area contributed by atoms with Crippen LogP contribution in [0.5, 0.6) is 0 Å². The predicted octanol–water partition coefficient (Wildman–Crippen LogP) is -0.551. The average molecular weight is 160 g/mol. The third kappa shape index (κ3) is 0.937. The summed E-state index contributed by atoms with van der Waals surface area (Å²) in [6.07, 6.45) is -0.913. The van der Waals surface area contributed by atoms with E-state index in [1.165, 1.54) is 6.92 Å². The fourth-order valence-corrected chi connectivity index (χ4v) is 1.79. The molecule has 3 N–H and O–H groups in total. The number of rotatable bonds is 1. The minimum absolute atomic E-state index is 0.359. The second kappa shape index (κ2) is 2.19. The number of hydrogen-bond acceptors (Lipinski definition) is 3. The Bertz CT molecular complexity index is 187. The zero-order valence-corrected chi connectivity index (χ0v) is 6.48. The Morgan fingerprint density at radius 1 is 1.55 bits per heavy atom. The fourth-order valence-electron chi connectivity index (χ4n) is 1.79. The molecule has 1 rings (SSSR count). The summed E-state index contributed by atoms with van der Waals surface area (Å²) in [5, 5.41) is 27.1. The monoisotopic (exact) mass is 160 g/mol. The van der Waals surface area contributed by atoms with Gasteiger partial charge in [-0.15, -0.1) is 0 Å². The first-order valence-corrected chi connectivity index (χ1v) is 3.52. The zero-order chi connectivity index (χ0) is 8.81. The van der Waals surface area contributed by atoms with Crippen molar-refractivity contribution in [3.63, 3.8) is 0 Å². The quantitative estimate of drug-likeness (QED) is 0.481. The summed E-state index contributed by atoms with van der Waals surface area (Å²) in [7, 11) is 0. The first kappa shape index (κ1) is 8.49. The van der Waals surface area contributed by atoms with Crippen molar-refractivity contribution in [2.45, 2.75) is 25.6 Å². The van der Waals surface area contributed by atoms with Gasteiger partial charge in [0.25, 0.3) is 0 Å². The number of aliphatic carboxylic acids is 1. The van der Waals surface area contributed by atoms with Crippen LogP contribution >= 0.6 is 0 Å². The minimum Gasteiger partial charge on any atom is -0.481 e. The molecule has 0 aliphatic heterocycles. The molecule has 4 heteroatoms. The number of hydrogen-bond donors (Lipinski definition) is 3. The third-order valence-corrected chi connectivity index (χ3v) is 2.52. The molecular formula is C7H12O4. The van der Waals surface area contributed by atoms with Crippen LogP contribution in [0.25, 0.3) is 0 Å². The highest BCUT2D eigenvalue weighted by Gasteiger charge is 2.59. The van der Waals surface area contributed by atoms with E-state index in [1.807, 2.05) is 0 Å². The maximum absolute atomic E-state index is 10.5. The van der Waals surface area contributed by atoms with Crippen LogP contribution in [0.4, 0.5) is 0 Å². The fraction of sp³-hybridized carbons (Fsp3) is 0.857. The van der Waals surface area contributed by atoms with Crippen LogP contribution in [0.1, 0.15) is 13.8 Å². The molecule has 4 atom stereocenters. The molecule has 1 saturated carbocycles. The summed E-state index contributed by atoms with van der Waals surface area (Å²) >= 11 is 0. The van der Waals surface area contributed by atoms with Crippen LogP contribution in [-0.4, -0.2) is 33.0 Å². The molecule has 4 nitrogen and oxygen atoms in total. The Labute approximate surface area is 64.5 Å². The predicted molar refractivity (Wildman–Crippen MR) is 36.9 cm³/mol. The lowest BCUT2D eigenvalue weighted by molar-refractivity contribution is -0.226. The molecule has 0 saturated heterocycles. The largest absolute Gasteiger partial charge is 0.481 e. The van der Waals surface area contributed by atoms with Crippen molar-refractivity contribution >= 4 is 5.97 Å². The van der Waals surface area contributed by atoms with Crippen LogP contribution in [0, 0.1) is 11.8 Å². The summed E-state index contributed by atoms with van der Waals surface area (Å²) in [5.74, 6) is -2.24. The molecule has 0 bridgehead atoms. The summed E-state index contributed by atoms with van der Waals surface area (Å²) in [6.45, 7) is 2.96. The zero-order valence-electron chi connectivity index (χ0n) is 6.48. The number of aliphatic hydroxyl groups excluding tert-OH is 1. The van der Waals surface area contributed by atoms with Crippen molar-refractivity contribution in [3.8, 4) is 0 Å². The van der Waals surface area contributed by atoms with Crippen molar-refractivity contribution in [1.82, 2.24) is 0 Å². The van der Waals surface area contributed by atoms with Crippen molar-refractivity contribution < 1.29 is 20.1 Å². The van der Waals surface area contributed by atoms with Crippen molar-refractivity contribution in [2.24, 2.45) is 11.8 Å². The van der Waals surface area contributed by atoms with Gasteiger partial charge in [0.15, 0.2) is 0 Å². The number of aliphatic hydroxyl groups is 2. The maximum atomic E-state index is 10.5. The van der Waals surface area contributed by atoms with Crippen LogP contribution < -0.4 is 0 Å². The van der Waals surface area contributed by atoms with E-state index in [1.54, 1.807) is 6.92 Å². The molecule has 0 aromatic rings. The first-order chi connectivity index (χ1) is 4.89. The van der Waals surface area contributed by atoms with Crippen LogP contribution in [0.15, 0.2) is 0 Å². The summed E-state index contributed by atoms with van der Waals surface area (Å²) in [5.41, 5.74) is -1.45. The Morgan fingerprint density at radius 2 is 2.00 bits per heavy atom. The van der Waals surface area contributed by atoms with Gasteiger partial charge in [-0.3, -0.25) is 4.79 Å². The highest BCUT2D eigenvalue weighted by atomic mass is 16.4. The molecule has 1 aliphatic carbocycles. The topological polar surface area (TPSA) is 77.8 Å². The summed E-state index contributed by atoms with van der Waals surface area (Å²) in [6, 6.07) is 0. The van der Waals surface area contributed by atoms with Crippen LogP contribution in [0.3, 0.4) is 0 Å². The molecule has 1 fully saturated rings. The summed E-state index contributed by atoms with van der Waals surface area (Å²) < 4.78 is 0. The van der Waals surface area contributed by atoms with Crippen molar-refractivity contribution in [1.29, 1.82) is 0 Å². The van der Waals surface area contributed by atoms with Crippen LogP contribution in [0.2, 0.25) is 0 Å². The standard InChI is InChI=1S/C7H12O4/c1-3-4(6(9)10)7(2,11)5(3)8/h3-5,8,11H,1-2H3,(H,9,10). The molecule has 0 aromatic heterocycles. The maximum Gasteiger partial charge on any atom is 0.309 e. The molecule has 1 aliphatic rings. The normalized spacial score (nSPS) is 50.0. The van der Waals surface area contributed by atoms with E-state index in [9.17, 15) is 9.90 Å². The Balaban J connectivity index is 2.77. The van der Waals surface area contributed by atoms with Gasteiger partial charge in [-0.05, 0) is 6.92 Å². The van der Waals surface area contributed by atoms with Gasteiger partial charge in [0, 0.05) is 5.92 Å². The van der Waals surface area contributed by atoms with Gasteiger partial charge >= 0.3 is 5.97 Å². The Hall–Kier alpha value is -0.610. The lowest BCUT2D eigenvalue weighted by atomic mass is 9.60. The van der Waals surface area contributed by atoms with Gasteiger partial charge in [0.2, 0.25) is 0 Å². The lowest BCUT2D eigenvalue weighted by Gasteiger charge is -2.50. The van der Waals surface area contributed by atoms with Crippen molar-refractivity contribution in [2.75, 3.05) is 0 Å². The van der Waals surface area contributed by atoms with Gasteiger partial charge in [-0.1, -0.05) is 6.92 Å². The SMILES string of the molecule is CC1C(O)C(C)(O)C1C(=O)O. The molecule has 0 amide bonds. The van der Waals surface area contributed by atoms with E-state index in [2.05, 4.69) is 0 Å². The smallest absolute Gasteiger partial charge is 0.309 e. The summed E-state index contributed by atoms with van der Waals surface area (Å²) in [4.78, 5) is 10.5. The molecular weight excluding hydrogens is 148 g/mol. The Kier molecular flexibility index (Phi) is 1.69. The van der Waals surface area contributed by atoms with Gasteiger partial charge in [0.1, 0.15) is 5.60 Å². The van der Waals surface area contributed by atoms with Gasteiger partial charge in [0.05, 0.1) is 12.0 Å². The van der Waals surface area contributed by atoms with E-state index in [4.69, 9.17) is 10.2 Å². The number of carboxylic acids is 1. The van der Waals surface area contributed by atoms with Gasteiger partial charge < -0.3 is 15.3 Å². The lowest BCUT2D eigenvalue weighted by Crippen LogP contribution is -2.66. The number of carbonyl (C=O) groups is 1. The van der Waals surface area contributed by atoms with E-state index in [0.717, 1.165) is 0 Å². The molecule has 0 spiro atoms. The molecule has 4 unspecified atom stereocenters. The molecule has 0 radical (unpaired) electrons. The molecule has 64 valence electrons.